The minimum Gasteiger partial charge on any atom is -0.461 e. The summed E-state index contributed by atoms with van der Waals surface area (Å²) in [7, 11) is 0. The molecule has 1 saturated heterocycles. The van der Waals surface area contributed by atoms with Crippen LogP contribution in [0.15, 0.2) is 60.7 Å². The molecule has 5 fully saturated rings. The Morgan fingerprint density at radius 1 is 0.927 bits per heavy atom. The molecular weight excluding hydrogens is 514 g/mol. The van der Waals surface area contributed by atoms with Crippen molar-refractivity contribution in [3.63, 3.8) is 0 Å². The molecular formula is C35H43NO5. The number of hydrogen-bond acceptors (Lipinski definition) is 6. The van der Waals surface area contributed by atoms with Gasteiger partial charge in [-0.3, -0.25) is 4.90 Å². The van der Waals surface area contributed by atoms with E-state index in [9.17, 15) is 14.7 Å². The Balaban J connectivity index is 1.16. The fourth-order valence-electron chi connectivity index (χ4n) is 10.7. The quantitative estimate of drug-likeness (QED) is 0.466. The molecule has 1 aliphatic heterocycles. The molecule has 1 spiro atoms. The Morgan fingerprint density at radius 3 is 2.29 bits per heavy atom. The molecule has 2 aromatic carbocycles. The van der Waals surface area contributed by atoms with E-state index in [0.717, 1.165) is 51.7 Å². The summed E-state index contributed by atoms with van der Waals surface area (Å²) in [6.07, 6.45) is 5.70. The van der Waals surface area contributed by atoms with Crippen LogP contribution in [0.25, 0.3) is 0 Å². The smallest absolute Gasteiger partial charge is 0.338 e. The van der Waals surface area contributed by atoms with Crippen LogP contribution in [0.5, 0.6) is 0 Å². The van der Waals surface area contributed by atoms with Gasteiger partial charge < -0.3 is 14.6 Å². The molecule has 1 heterocycles. The molecule has 4 aliphatic carbocycles. The standard InChI is InChI=1S/C35H43NO5/c1-23-26-18-28-34-15-9-14-33(2,21-36(22-34)16-17-40-31(38)24-10-5-3-6-11-24)27(34)19-29(35(28,20-26)30(23)37)41-32(39)25-12-7-4-8-13-25/h3-8,10-13,23,26-30,37H,9,14-22H2,1-2H3/t23-,26-,27?,28?,29?,30?,33+,34+,35-/m1/s1. The van der Waals surface area contributed by atoms with E-state index in [1.165, 1.54) is 6.42 Å². The van der Waals surface area contributed by atoms with Crippen molar-refractivity contribution in [3.8, 4) is 0 Å². The van der Waals surface area contributed by atoms with Crippen molar-refractivity contribution in [2.24, 2.45) is 39.9 Å². The van der Waals surface area contributed by atoms with Crippen molar-refractivity contribution >= 4 is 11.9 Å². The van der Waals surface area contributed by atoms with Gasteiger partial charge in [0.25, 0.3) is 0 Å². The van der Waals surface area contributed by atoms with Gasteiger partial charge in [-0.1, -0.05) is 56.7 Å². The molecule has 5 aliphatic rings. The Bertz CT molecular complexity index is 1300. The fourth-order valence-corrected chi connectivity index (χ4v) is 10.7. The number of aliphatic hydroxyl groups is 1. The van der Waals surface area contributed by atoms with Crippen LogP contribution in [0.4, 0.5) is 0 Å². The van der Waals surface area contributed by atoms with Gasteiger partial charge in [-0.15, -0.1) is 0 Å². The molecule has 4 unspecified atom stereocenters. The molecule has 0 radical (unpaired) electrons. The number of aliphatic hydroxyl groups excluding tert-OH is 1. The molecule has 6 nitrogen and oxygen atoms in total. The number of esters is 2. The van der Waals surface area contributed by atoms with Crippen molar-refractivity contribution in [2.75, 3.05) is 26.2 Å². The second kappa shape index (κ2) is 9.95. The molecule has 0 aromatic heterocycles. The SMILES string of the molecule is C[C@H]1C(O)[C@]23C[C@H]1CC2[C@@]12CCC[C@@](C)(CN(CCOC(=O)c4ccccc4)C1)C2CC3OC(=O)c1ccccc1. The lowest BCUT2D eigenvalue weighted by Gasteiger charge is -2.70. The highest BCUT2D eigenvalue weighted by Crippen LogP contribution is 2.76. The van der Waals surface area contributed by atoms with E-state index in [2.05, 4.69) is 18.7 Å². The van der Waals surface area contributed by atoms with Crippen LogP contribution in [-0.2, 0) is 9.47 Å². The monoisotopic (exact) mass is 557 g/mol. The number of hydrogen-bond donors (Lipinski definition) is 1. The first-order chi connectivity index (χ1) is 19.8. The third kappa shape index (κ3) is 4.11. The molecule has 218 valence electrons. The van der Waals surface area contributed by atoms with Gasteiger partial charge in [0, 0.05) is 25.0 Å². The predicted octanol–water partition coefficient (Wildman–Crippen LogP) is 5.60. The van der Waals surface area contributed by atoms with Crippen LogP contribution < -0.4 is 0 Å². The first-order valence-corrected chi connectivity index (χ1v) is 15.7. The number of carbonyl (C=O) groups excluding carboxylic acids is 2. The normalized spacial score (nSPS) is 40.9. The highest BCUT2D eigenvalue weighted by Gasteiger charge is 2.76. The molecule has 6 heteroatoms. The average molecular weight is 558 g/mol. The number of ether oxygens (including phenoxy) is 2. The van der Waals surface area contributed by atoms with Gasteiger partial charge in [0.15, 0.2) is 0 Å². The first kappa shape index (κ1) is 27.2. The Hall–Kier alpha value is -2.70. The van der Waals surface area contributed by atoms with Gasteiger partial charge in [-0.05, 0) is 90.9 Å². The van der Waals surface area contributed by atoms with Gasteiger partial charge >= 0.3 is 11.9 Å². The summed E-state index contributed by atoms with van der Waals surface area (Å²) in [6, 6.07) is 18.5. The molecule has 2 aromatic rings. The Kier molecular flexibility index (Phi) is 6.59. The summed E-state index contributed by atoms with van der Waals surface area (Å²) >= 11 is 0. The van der Waals surface area contributed by atoms with Crippen LogP contribution in [-0.4, -0.2) is 60.4 Å². The molecule has 4 bridgehead atoms. The second-order valence-corrected chi connectivity index (χ2v) is 14.2. The lowest BCUT2D eigenvalue weighted by atomic mass is 9.39. The van der Waals surface area contributed by atoms with Crippen LogP contribution in [0, 0.1) is 39.9 Å². The van der Waals surface area contributed by atoms with Crippen molar-refractivity contribution in [2.45, 2.75) is 64.6 Å². The zero-order chi connectivity index (χ0) is 28.4. The number of piperidine rings is 1. The summed E-state index contributed by atoms with van der Waals surface area (Å²) in [4.78, 5) is 28.6. The van der Waals surface area contributed by atoms with Crippen molar-refractivity contribution in [1.82, 2.24) is 4.90 Å². The van der Waals surface area contributed by atoms with Crippen LogP contribution in [0.3, 0.4) is 0 Å². The largest absolute Gasteiger partial charge is 0.461 e. The van der Waals surface area contributed by atoms with E-state index < -0.39 is 6.10 Å². The minimum atomic E-state index is -0.453. The summed E-state index contributed by atoms with van der Waals surface area (Å²) in [5.41, 5.74) is 0.968. The van der Waals surface area contributed by atoms with E-state index in [1.807, 2.05) is 48.5 Å². The van der Waals surface area contributed by atoms with Gasteiger partial charge in [0.05, 0.1) is 17.2 Å². The molecule has 1 N–H and O–H groups in total. The molecule has 9 atom stereocenters. The van der Waals surface area contributed by atoms with Gasteiger partial charge in [0.2, 0.25) is 0 Å². The number of likely N-dealkylation sites (tertiary alicyclic amines) is 1. The molecule has 41 heavy (non-hydrogen) atoms. The van der Waals surface area contributed by atoms with Crippen LogP contribution >= 0.6 is 0 Å². The zero-order valence-corrected chi connectivity index (χ0v) is 24.3. The maximum atomic E-state index is 13.4. The van der Waals surface area contributed by atoms with E-state index in [1.54, 1.807) is 12.1 Å². The summed E-state index contributed by atoms with van der Waals surface area (Å²) in [6.45, 7) is 7.66. The maximum Gasteiger partial charge on any atom is 0.338 e. The summed E-state index contributed by atoms with van der Waals surface area (Å²) in [5.74, 6) is 0.934. The number of fused-ring (bicyclic) bond motifs is 1. The van der Waals surface area contributed by atoms with Gasteiger partial charge in [0.1, 0.15) is 12.7 Å². The van der Waals surface area contributed by atoms with E-state index in [-0.39, 0.29) is 40.2 Å². The van der Waals surface area contributed by atoms with Gasteiger partial charge in [-0.2, -0.15) is 0 Å². The number of benzene rings is 2. The fraction of sp³-hybridized carbons (Fsp3) is 0.600. The lowest BCUT2D eigenvalue weighted by Crippen LogP contribution is -2.71. The van der Waals surface area contributed by atoms with Crippen LogP contribution in [0.1, 0.15) is 73.1 Å². The number of nitrogens with zero attached hydrogens (tertiary/aromatic N) is 1. The number of carbonyl (C=O) groups is 2. The Morgan fingerprint density at radius 2 is 1.61 bits per heavy atom. The second-order valence-electron chi connectivity index (χ2n) is 14.2. The third-order valence-electron chi connectivity index (χ3n) is 12.3. The molecule has 4 saturated carbocycles. The molecule has 0 amide bonds. The predicted molar refractivity (Wildman–Crippen MR) is 155 cm³/mol. The lowest BCUT2D eigenvalue weighted by molar-refractivity contribution is -0.249. The van der Waals surface area contributed by atoms with Crippen molar-refractivity contribution in [3.05, 3.63) is 71.8 Å². The van der Waals surface area contributed by atoms with E-state index >= 15 is 0 Å². The van der Waals surface area contributed by atoms with E-state index in [0.29, 0.717) is 35.5 Å². The van der Waals surface area contributed by atoms with Crippen LogP contribution in [0.2, 0.25) is 0 Å². The summed E-state index contributed by atoms with van der Waals surface area (Å²) in [5, 5.41) is 11.9. The number of rotatable bonds is 6. The summed E-state index contributed by atoms with van der Waals surface area (Å²) < 4.78 is 12.2. The average Bonchev–Trinajstić information content (AvgIpc) is 3.50. The van der Waals surface area contributed by atoms with E-state index in [4.69, 9.17) is 9.47 Å². The highest BCUT2D eigenvalue weighted by molar-refractivity contribution is 5.89. The topological polar surface area (TPSA) is 76.1 Å². The molecule has 7 rings (SSSR count). The zero-order valence-electron chi connectivity index (χ0n) is 24.3. The van der Waals surface area contributed by atoms with Crippen molar-refractivity contribution < 1.29 is 24.2 Å². The highest BCUT2D eigenvalue weighted by atomic mass is 16.5. The maximum absolute atomic E-state index is 13.4. The van der Waals surface area contributed by atoms with Gasteiger partial charge in [-0.25, -0.2) is 9.59 Å². The third-order valence-corrected chi connectivity index (χ3v) is 12.3. The Labute approximate surface area is 243 Å². The first-order valence-electron chi connectivity index (χ1n) is 15.7. The van der Waals surface area contributed by atoms with Crippen molar-refractivity contribution in [1.29, 1.82) is 0 Å². The minimum absolute atomic E-state index is 0.0835.